The van der Waals surface area contributed by atoms with Gasteiger partial charge in [0.2, 0.25) is 0 Å². The summed E-state index contributed by atoms with van der Waals surface area (Å²) >= 11 is 4.32. The first-order valence-corrected chi connectivity index (χ1v) is 5.10. The standard InChI is InChI=1S/C11H12OS/c1-2-10-9(7-13)8-5-3-4-6-11(8)12-10/h3-6,13H,2,7H2,1H3. The molecule has 2 aromatic rings. The molecule has 1 heterocycles. The van der Waals surface area contributed by atoms with Crippen molar-refractivity contribution < 1.29 is 4.42 Å². The smallest absolute Gasteiger partial charge is 0.134 e. The van der Waals surface area contributed by atoms with Gasteiger partial charge in [-0.1, -0.05) is 25.1 Å². The van der Waals surface area contributed by atoms with Crippen molar-refractivity contribution in [1.82, 2.24) is 0 Å². The van der Waals surface area contributed by atoms with E-state index in [1.165, 1.54) is 10.9 Å². The zero-order valence-corrected chi connectivity index (χ0v) is 8.47. The van der Waals surface area contributed by atoms with Crippen LogP contribution >= 0.6 is 12.6 Å². The normalized spacial score (nSPS) is 10.9. The predicted molar refractivity (Wildman–Crippen MR) is 58.3 cm³/mol. The van der Waals surface area contributed by atoms with Gasteiger partial charge >= 0.3 is 0 Å². The third kappa shape index (κ3) is 1.35. The lowest BCUT2D eigenvalue weighted by Crippen LogP contribution is -1.82. The molecule has 1 aromatic heterocycles. The molecule has 68 valence electrons. The zero-order valence-electron chi connectivity index (χ0n) is 7.58. The highest BCUT2D eigenvalue weighted by molar-refractivity contribution is 7.79. The molecule has 0 fully saturated rings. The highest BCUT2D eigenvalue weighted by atomic mass is 32.1. The van der Waals surface area contributed by atoms with Gasteiger partial charge in [-0.05, 0) is 6.07 Å². The Kier molecular flexibility index (Phi) is 2.32. The van der Waals surface area contributed by atoms with E-state index in [0.717, 1.165) is 23.5 Å². The van der Waals surface area contributed by atoms with Crippen LogP contribution in [0.15, 0.2) is 28.7 Å². The second-order valence-electron chi connectivity index (χ2n) is 3.01. The minimum Gasteiger partial charge on any atom is -0.461 e. The Morgan fingerprint density at radius 2 is 2.08 bits per heavy atom. The second-order valence-corrected chi connectivity index (χ2v) is 3.33. The third-order valence-corrected chi connectivity index (χ3v) is 2.58. The lowest BCUT2D eigenvalue weighted by molar-refractivity contribution is 0.553. The quantitative estimate of drug-likeness (QED) is 0.719. The summed E-state index contributed by atoms with van der Waals surface area (Å²) in [6.45, 7) is 2.10. The lowest BCUT2D eigenvalue weighted by Gasteiger charge is -1.93. The molecule has 1 nitrogen and oxygen atoms in total. The molecule has 0 amide bonds. The minimum absolute atomic E-state index is 0.750. The van der Waals surface area contributed by atoms with Crippen LogP contribution in [0.5, 0.6) is 0 Å². The fraction of sp³-hybridized carbons (Fsp3) is 0.273. The number of fused-ring (bicyclic) bond motifs is 1. The molecule has 0 bridgehead atoms. The first-order chi connectivity index (χ1) is 6.36. The SMILES string of the molecule is CCc1oc2ccccc2c1CS. The van der Waals surface area contributed by atoms with Gasteiger partial charge in [0.15, 0.2) is 0 Å². The number of aryl methyl sites for hydroxylation is 1. The van der Waals surface area contributed by atoms with Crippen molar-refractivity contribution in [3.8, 4) is 0 Å². The van der Waals surface area contributed by atoms with E-state index in [1.807, 2.05) is 18.2 Å². The summed E-state index contributed by atoms with van der Waals surface area (Å²) in [5, 5.41) is 1.20. The van der Waals surface area contributed by atoms with Gasteiger partial charge in [0.05, 0.1) is 0 Å². The molecule has 0 saturated heterocycles. The van der Waals surface area contributed by atoms with Gasteiger partial charge in [-0.3, -0.25) is 0 Å². The van der Waals surface area contributed by atoms with E-state index >= 15 is 0 Å². The van der Waals surface area contributed by atoms with Crippen LogP contribution in [-0.2, 0) is 12.2 Å². The third-order valence-electron chi connectivity index (χ3n) is 2.26. The van der Waals surface area contributed by atoms with Crippen LogP contribution in [0.1, 0.15) is 18.2 Å². The number of benzene rings is 1. The summed E-state index contributed by atoms with van der Waals surface area (Å²) in [7, 11) is 0. The Hall–Kier alpha value is -0.890. The molecule has 0 atom stereocenters. The number of furan rings is 1. The average Bonchev–Trinajstić information content (AvgIpc) is 2.55. The van der Waals surface area contributed by atoms with E-state index in [9.17, 15) is 0 Å². The van der Waals surface area contributed by atoms with Crippen molar-refractivity contribution in [2.75, 3.05) is 0 Å². The van der Waals surface area contributed by atoms with E-state index in [2.05, 4.69) is 25.6 Å². The van der Waals surface area contributed by atoms with Crippen molar-refractivity contribution in [2.24, 2.45) is 0 Å². The fourth-order valence-electron chi connectivity index (χ4n) is 1.61. The number of hydrogen-bond donors (Lipinski definition) is 1. The molecular weight excluding hydrogens is 180 g/mol. The highest BCUT2D eigenvalue weighted by Crippen LogP contribution is 2.27. The van der Waals surface area contributed by atoms with Crippen molar-refractivity contribution >= 4 is 23.6 Å². The van der Waals surface area contributed by atoms with Crippen LogP contribution < -0.4 is 0 Å². The summed E-state index contributed by atoms with van der Waals surface area (Å²) in [6.07, 6.45) is 0.935. The van der Waals surface area contributed by atoms with Gasteiger partial charge in [0.1, 0.15) is 11.3 Å². The Bertz CT molecular complexity index is 417. The monoisotopic (exact) mass is 192 g/mol. The summed E-state index contributed by atoms with van der Waals surface area (Å²) < 4.78 is 5.69. The van der Waals surface area contributed by atoms with Crippen molar-refractivity contribution in [3.05, 3.63) is 35.6 Å². The maximum absolute atomic E-state index is 5.69. The Balaban J connectivity index is 2.73. The minimum atomic E-state index is 0.750. The Morgan fingerprint density at radius 1 is 1.31 bits per heavy atom. The average molecular weight is 192 g/mol. The van der Waals surface area contributed by atoms with Gasteiger partial charge < -0.3 is 4.42 Å². The molecule has 0 unspecified atom stereocenters. The second kappa shape index (κ2) is 3.46. The molecule has 0 radical (unpaired) electrons. The number of thiol groups is 1. The van der Waals surface area contributed by atoms with Crippen LogP contribution in [0.2, 0.25) is 0 Å². The molecule has 0 saturated carbocycles. The topological polar surface area (TPSA) is 13.1 Å². The lowest BCUT2D eigenvalue weighted by atomic mass is 10.1. The van der Waals surface area contributed by atoms with Crippen molar-refractivity contribution in [1.29, 1.82) is 0 Å². The molecule has 0 aliphatic rings. The maximum Gasteiger partial charge on any atom is 0.134 e. The van der Waals surface area contributed by atoms with Gasteiger partial charge in [0, 0.05) is 23.1 Å². The Labute approximate surface area is 83.2 Å². The molecule has 13 heavy (non-hydrogen) atoms. The molecule has 0 aliphatic carbocycles. The van der Waals surface area contributed by atoms with Crippen LogP contribution in [-0.4, -0.2) is 0 Å². The summed E-state index contributed by atoms with van der Waals surface area (Å²) in [4.78, 5) is 0. The van der Waals surface area contributed by atoms with Crippen LogP contribution in [0.25, 0.3) is 11.0 Å². The van der Waals surface area contributed by atoms with Crippen LogP contribution in [0.3, 0.4) is 0 Å². The summed E-state index contributed by atoms with van der Waals surface area (Å²) in [5.74, 6) is 1.82. The number of hydrogen-bond acceptors (Lipinski definition) is 2. The number of rotatable bonds is 2. The van der Waals surface area contributed by atoms with Crippen LogP contribution in [0.4, 0.5) is 0 Å². The maximum atomic E-state index is 5.69. The largest absolute Gasteiger partial charge is 0.461 e. The van der Waals surface area contributed by atoms with Gasteiger partial charge in [-0.15, -0.1) is 0 Å². The van der Waals surface area contributed by atoms with E-state index < -0.39 is 0 Å². The zero-order chi connectivity index (χ0) is 9.26. The van der Waals surface area contributed by atoms with Crippen molar-refractivity contribution in [2.45, 2.75) is 19.1 Å². The molecule has 2 rings (SSSR count). The van der Waals surface area contributed by atoms with Crippen LogP contribution in [0, 0.1) is 0 Å². The fourth-order valence-corrected chi connectivity index (χ4v) is 1.96. The van der Waals surface area contributed by atoms with E-state index in [4.69, 9.17) is 4.42 Å². The molecule has 0 spiro atoms. The number of para-hydroxylation sites is 1. The summed E-state index contributed by atoms with van der Waals surface area (Å²) in [6, 6.07) is 8.11. The molecule has 1 aromatic carbocycles. The van der Waals surface area contributed by atoms with E-state index in [0.29, 0.717) is 0 Å². The first kappa shape index (κ1) is 8.70. The van der Waals surface area contributed by atoms with Crippen molar-refractivity contribution in [3.63, 3.8) is 0 Å². The van der Waals surface area contributed by atoms with Gasteiger partial charge in [0.25, 0.3) is 0 Å². The predicted octanol–water partition coefficient (Wildman–Crippen LogP) is 3.43. The van der Waals surface area contributed by atoms with Gasteiger partial charge in [-0.2, -0.15) is 12.6 Å². The molecule has 2 heteroatoms. The van der Waals surface area contributed by atoms with E-state index in [1.54, 1.807) is 0 Å². The molecule has 0 aliphatic heterocycles. The molecular formula is C11H12OS. The van der Waals surface area contributed by atoms with Gasteiger partial charge in [-0.25, -0.2) is 0 Å². The Morgan fingerprint density at radius 3 is 2.77 bits per heavy atom. The summed E-state index contributed by atoms with van der Waals surface area (Å²) in [5.41, 5.74) is 2.21. The molecule has 0 N–H and O–H groups in total. The highest BCUT2D eigenvalue weighted by Gasteiger charge is 2.09. The first-order valence-electron chi connectivity index (χ1n) is 4.47. The van der Waals surface area contributed by atoms with E-state index in [-0.39, 0.29) is 0 Å².